The smallest absolute Gasteiger partial charge is 0.214 e. The van der Waals surface area contributed by atoms with Gasteiger partial charge in [0.1, 0.15) is 5.75 Å². The highest BCUT2D eigenvalue weighted by Gasteiger charge is 2.20. The number of nitrogens with zero attached hydrogens (tertiary/aromatic N) is 2. The van der Waals surface area contributed by atoms with Crippen molar-refractivity contribution < 1.29 is 9.66 Å². The maximum atomic E-state index is 11.1. The van der Waals surface area contributed by atoms with Gasteiger partial charge in [0.15, 0.2) is 0 Å². The first kappa shape index (κ1) is 15.8. The molecule has 0 saturated carbocycles. The molecule has 0 saturated heterocycles. The number of hydrogen-bond donors (Lipinski definition) is 0. The third-order valence-corrected chi connectivity index (χ3v) is 3.64. The van der Waals surface area contributed by atoms with Crippen LogP contribution in [-0.4, -0.2) is 32.7 Å². The monoisotopic (exact) mass is 300 g/mol. The van der Waals surface area contributed by atoms with Gasteiger partial charge in [-0.3, -0.25) is 10.1 Å². The minimum absolute atomic E-state index is 0.144. The normalized spacial score (nSPS) is 11.8. The minimum atomic E-state index is -0.290. The average Bonchev–Trinajstić information content (AvgIpc) is 2.52. The van der Waals surface area contributed by atoms with Crippen LogP contribution in [0.2, 0.25) is 0 Å². The molecule has 2 aromatic carbocycles. The van der Waals surface area contributed by atoms with Gasteiger partial charge in [-0.1, -0.05) is 24.3 Å². The molecule has 22 heavy (non-hydrogen) atoms. The van der Waals surface area contributed by atoms with Crippen molar-refractivity contribution in [1.29, 1.82) is 0 Å². The fourth-order valence-electron chi connectivity index (χ4n) is 2.42. The van der Waals surface area contributed by atoms with Gasteiger partial charge in [0, 0.05) is 24.7 Å². The highest BCUT2D eigenvalue weighted by molar-refractivity contribution is 5.48. The fourth-order valence-corrected chi connectivity index (χ4v) is 2.42. The minimum Gasteiger partial charge on any atom is -0.497 e. The number of nitro groups is 1. The lowest BCUT2D eigenvalue weighted by Gasteiger charge is -2.17. The van der Waals surface area contributed by atoms with Crippen LogP contribution in [0.15, 0.2) is 48.5 Å². The molecule has 2 aromatic rings. The fraction of sp³-hybridized carbons (Fsp3) is 0.294. The van der Waals surface area contributed by atoms with Crippen LogP contribution >= 0.6 is 0 Å². The van der Waals surface area contributed by atoms with Crippen molar-refractivity contribution in [3.63, 3.8) is 0 Å². The molecule has 0 aliphatic heterocycles. The van der Waals surface area contributed by atoms with Crippen LogP contribution in [0.25, 0.3) is 0 Å². The van der Waals surface area contributed by atoms with Crippen molar-refractivity contribution in [2.24, 2.45) is 0 Å². The molecular formula is C17H20N2O3. The van der Waals surface area contributed by atoms with Crippen LogP contribution in [0.5, 0.6) is 5.75 Å². The zero-order valence-corrected chi connectivity index (χ0v) is 13.0. The summed E-state index contributed by atoms with van der Waals surface area (Å²) in [6, 6.07) is 15.3. The maximum Gasteiger partial charge on any atom is 0.214 e. The van der Waals surface area contributed by atoms with Crippen LogP contribution in [0.4, 0.5) is 5.69 Å². The van der Waals surface area contributed by atoms with Crippen molar-refractivity contribution in [3.8, 4) is 5.75 Å². The molecule has 0 aromatic heterocycles. The molecule has 1 atom stereocenters. The van der Waals surface area contributed by atoms with E-state index in [2.05, 4.69) is 0 Å². The average molecular weight is 300 g/mol. The zero-order valence-electron chi connectivity index (χ0n) is 13.0. The Morgan fingerprint density at radius 3 is 2.36 bits per heavy atom. The van der Waals surface area contributed by atoms with E-state index in [0.717, 1.165) is 16.8 Å². The summed E-state index contributed by atoms with van der Waals surface area (Å²) in [5, 5.41) is 11.1. The van der Waals surface area contributed by atoms with Gasteiger partial charge >= 0.3 is 0 Å². The molecule has 5 nitrogen and oxygen atoms in total. The first-order valence-electron chi connectivity index (χ1n) is 7.04. The molecule has 0 fully saturated rings. The lowest BCUT2D eigenvalue weighted by molar-refractivity contribution is -0.481. The molecule has 0 amide bonds. The molecule has 0 heterocycles. The number of hydrogen-bond acceptors (Lipinski definition) is 4. The first-order chi connectivity index (χ1) is 10.5. The van der Waals surface area contributed by atoms with E-state index in [1.54, 1.807) is 7.11 Å². The van der Waals surface area contributed by atoms with E-state index >= 15 is 0 Å². The summed E-state index contributed by atoms with van der Waals surface area (Å²) in [5.74, 6) is 0.414. The van der Waals surface area contributed by atoms with E-state index in [9.17, 15) is 10.1 Å². The first-order valence-corrected chi connectivity index (χ1v) is 7.04. The largest absolute Gasteiger partial charge is 0.497 e. The van der Waals surface area contributed by atoms with Crippen LogP contribution in [0, 0.1) is 10.1 Å². The molecule has 2 rings (SSSR count). The second-order valence-corrected chi connectivity index (χ2v) is 5.33. The molecule has 116 valence electrons. The van der Waals surface area contributed by atoms with Crippen molar-refractivity contribution in [1.82, 2.24) is 0 Å². The van der Waals surface area contributed by atoms with E-state index in [4.69, 9.17) is 4.74 Å². The van der Waals surface area contributed by atoms with Gasteiger partial charge in [-0.2, -0.15) is 0 Å². The number of anilines is 1. The summed E-state index contributed by atoms with van der Waals surface area (Å²) in [6.45, 7) is -0.144. The Morgan fingerprint density at radius 2 is 1.82 bits per heavy atom. The van der Waals surface area contributed by atoms with Gasteiger partial charge in [-0.05, 0) is 35.4 Å². The predicted octanol–water partition coefficient (Wildman–Crippen LogP) is 3.17. The Hall–Kier alpha value is -2.56. The van der Waals surface area contributed by atoms with Crippen LogP contribution < -0.4 is 9.64 Å². The Bertz CT molecular complexity index is 639. The van der Waals surface area contributed by atoms with E-state index in [-0.39, 0.29) is 17.4 Å². The molecule has 0 spiro atoms. The molecule has 1 unspecified atom stereocenters. The van der Waals surface area contributed by atoms with Gasteiger partial charge in [0.05, 0.1) is 13.0 Å². The van der Waals surface area contributed by atoms with Gasteiger partial charge in [-0.15, -0.1) is 0 Å². The number of rotatable bonds is 6. The highest BCUT2D eigenvalue weighted by Crippen LogP contribution is 2.28. The Morgan fingerprint density at radius 1 is 1.14 bits per heavy atom. The van der Waals surface area contributed by atoms with E-state index in [0.29, 0.717) is 5.75 Å². The summed E-state index contributed by atoms with van der Waals surface area (Å²) in [5.41, 5.74) is 2.87. The summed E-state index contributed by atoms with van der Waals surface area (Å²) >= 11 is 0. The second-order valence-electron chi connectivity index (χ2n) is 5.33. The lowest BCUT2D eigenvalue weighted by atomic mass is 9.91. The van der Waals surface area contributed by atoms with Gasteiger partial charge in [0.25, 0.3) is 0 Å². The van der Waals surface area contributed by atoms with E-state index in [1.165, 1.54) is 0 Å². The van der Waals surface area contributed by atoms with Crippen LogP contribution in [-0.2, 0) is 0 Å². The Kier molecular flexibility index (Phi) is 4.99. The van der Waals surface area contributed by atoms with Crippen molar-refractivity contribution in [2.45, 2.75) is 5.92 Å². The molecule has 0 radical (unpaired) electrons. The number of ether oxygens (including phenoxy) is 1. The van der Waals surface area contributed by atoms with E-state index in [1.807, 2.05) is 67.5 Å². The Balaban J connectivity index is 2.38. The standard InChI is InChI=1S/C17H20N2O3/c1-18(2)15-9-7-13(8-10-15)17(12-19(20)21)14-5-4-6-16(11-14)22-3/h4-11,17H,12H2,1-3H3. The molecule has 0 N–H and O–H groups in total. The quantitative estimate of drug-likeness (QED) is 0.607. The van der Waals surface area contributed by atoms with Crippen molar-refractivity contribution in [2.75, 3.05) is 32.6 Å². The van der Waals surface area contributed by atoms with Gasteiger partial charge < -0.3 is 9.64 Å². The second kappa shape index (κ2) is 6.93. The third-order valence-electron chi connectivity index (χ3n) is 3.64. The maximum absolute atomic E-state index is 11.1. The van der Waals surface area contributed by atoms with Gasteiger partial charge in [-0.25, -0.2) is 0 Å². The predicted molar refractivity (Wildman–Crippen MR) is 87.5 cm³/mol. The summed E-state index contributed by atoms with van der Waals surface area (Å²) in [7, 11) is 5.52. The van der Waals surface area contributed by atoms with Crippen LogP contribution in [0.1, 0.15) is 17.0 Å². The van der Waals surface area contributed by atoms with Crippen molar-refractivity contribution >= 4 is 5.69 Å². The summed E-state index contributed by atoms with van der Waals surface area (Å²) in [6.07, 6.45) is 0. The molecule has 0 aliphatic carbocycles. The van der Waals surface area contributed by atoms with Crippen LogP contribution in [0.3, 0.4) is 0 Å². The van der Waals surface area contributed by atoms with E-state index < -0.39 is 0 Å². The molecular weight excluding hydrogens is 280 g/mol. The number of methoxy groups -OCH3 is 1. The van der Waals surface area contributed by atoms with Gasteiger partial charge in [0.2, 0.25) is 6.54 Å². The summed E-state index contributed by atoms with van der Waals surface area (Å²) < 4.78 is 5.22. The molecule has 0 bridgehead atoms. The zero-order chi connectivity index (χ0) is 16.1. The number of benzene rings is 2. The Labute approximate surface area is 130 Å². The molecule has 0 aliphatic rings. The SMILES string of the molecule is COc1cccc(C(C[N+](=O)[O-])c2ccc(N(C)C)cc2)c1. The molecule has 5 heteroatoms. The topological polar surface area (TPSA) is 55.6 Å². The third kappa shape index (κ3) is 3.75. The summed E-state index contributed by atoms with van der Waals surface area (Å²) in [4.78, 5) is 12.8. The lowest BCUT2D eigenvalue weighted by Crippen LogP contribution is -2.14. The highest BCUT2D eigenvalue weighted by atomic mass is 16.6. The van der Waals surface area contributed by atoms with Crippen molar-refractivity contribution in [3.05, 3.63) is 69.8 Å².